The molecule has 0 aromatic heterocycles. The van der Waals surface area contributed by atoms with Gasteiger partial charge in [0.25, 0.3) is 0 Å². The average molecular weight is 326 g/mol. The third-order valence-corrected chi connectivity index (χ3v) is 3.84. The highest BCUT2D eigenvalue weighted by Crippen LogP contribution is 2.26. The number of ether oxygens (including phenoxy) is 4. The van der Waals surface area contributed by atoms with Gasteiger partial charge in [0.2, 0.25) is 0 Å². The zero-order chi connectivity index (χ0) is 16.5. The molecule has 1 aromatic carbocycles. The molecule has 1 atom stereocenters. The Morgan fingerprint density at radius 3 is 2.57 bits per heavy atom. The zero-order valence-corrected chi connectivity index (χ0v) is 13.6. The molecule has 1 aromatic rings. The van der Waals surface area contributed by atoms with E-state index in [2.05, 4.69) is 0 Å². The van der Waals surface area contributed by atoms with Gasteiger partial charge in [-0.1, -0.05) is 6.07 Å². The highest BCUT2D eigenvalue weighted by atomic mass is 16.5. The van der Waals surface area contributed by atoms with Gasteiger partial charge in [-0.2, -0.15) is 0 Å². The third kappa shape index (κ3) is 6.35. The Hall–Kier alpha value is -1.34. The van der Waals surface area contributed by atoms with Crippen molar-refractivity contribution in [3.05, 3.63) is 24.3 Å². The summed E-state index contributed by atoms with van der Waals surface area (Å²) >= 11 is 0. The topological polar surface area (TPSA) is 77.4 Å². The Labute approximate surface area is 136 Å². The summed E-state index contributed by atoms with van der Waals surface area (Å²) in [5.74, 6) is 1.31. The fourth-order valence-corrected chi connectivity index (χ4v) is 2.54. The van der Waals surface area contributed by atoms with Crippen LogP contribution in [0.5, 0.6) is 11.5 Å². The largest absolute Gasteiger partial charge is 0.491 e. The summed E-state index contributed by atoms with van der Waals surface area (Å²) in [5.41, 5.74) is -0.855. The van der Waals surface area contributed by atoms with E-state index in [1.165, 1.54) is 0 Å². The summed E-state index contributed by atoms with van der Waals surface area (Å²) in [4.78, 5) is 0. The second-order valence-electron chi connectivity index (χ2n) is 5.82. The van der Waals surface area contributed by atoms with Crippen LogP contribution in [0.3, 0.4) is 0 Å². The highest BCUT2D eigenvalue weighted by Gasteiger charge is 2.32. The van der Waals surface area contributed by atoms with Crippen LogP contribution in [0.15, 0.2) is 24.3 Å². The predicted octanol–water partition coefficient (Wildman–Crippen LogP) is 1.38. The number of aliphatic hydroxyl groups is 2. The Morgan fingerprint density at radius 1 is 1.17 bits per heavy atom. The summed E-state index contributed by atoms with van der Waals surface area (Å²) < 4.78 is 21.3. The van der Waals surface area contributed by atoms with Crippen molar-refractivity contribution in [2.45, 2.75) is 31.0 Å². The number of hydrogen-bond donors (Lipinski definition) is 2. The van der Waals surface area contributed by atoms with Crippen LogP contribution in [0.25, 0.3) is 0 Å². The van der Waals surface area contributed by atoms with E-state index in [1.54, 1.807) is 19.2 Å². The van der Waals surface area contributed by atoms with Crippen molar-refractivity contribution in [1.29, 1.82) is 0 Å². The van der Waals surface area contributed by atoms with Crippen LogP contribution in [0.1, 0.15) is 19.3 Å². The molecule has 6 nitrogen and oxygen atoms in total. The normalized spacial score (nSPS) is 18.4. The molecule has 2 rings (SSSR count). The first kappa shape index (κ1) is 18.0. The van der Waals surface area contributed by atoms with Crippen LogP contribution in [0.4, 0.5) is 0 Å². The molecule has 130 valence electrons. The first-order valence-electron chi connectivity index (χ1n) is 7.94. The monoisotopic (exact) mass is 326 g/mol. The van der Waals surface area contributed by atoms with Crippen molar-refractivity contribution in [2.24, 2.45) is 0 Å². The van der Waals surface area contributed by atoms with E-state index in [-0.39, 0.29) is 6.61 Å². The smallest absolute Gasteiger partial charge is 0.123 e. The first-order chi connectivity index (χ1) is 11.1. The minimum absolute atomic E-state index is 0.130. The van der Waals surface area contributed by atoms with E-state index in [0.29, 0.717) is 57.2 Å². The van der Waals surface area contributed by atoms with Gasteiger partial charge in [-0.3, -0.25) is 0 Å². The van der Waals surface area contributed by atoms with Crippen molar-refractivity contribution < 1.29 is 29.2 Å². The van der Waals surface area contributed by atoms with Gasteiger partial charge in [-0.15, -0.1) is 0 Å². The van der Waals surface area contributed by atoms with Gasteiger partial charge in [0.1, 0.15) is 24.7 Å². The van der Waals surface area contributed by atoms with Crippen molar-refractivity contribution in [3.63, 3.8) is 0 Å². The van der Waals surface area contributed by atoms with Gasteiger partial charge < -0.3 is 29.2 Å². The molecule has 0 radical (unpaired) electrons. The van der Waals surface area contributed by atoms with Gasteiger partial charge in [0, 0.05) is 32.8 Å². The highest BCUT2D eigenvalue weighted by molar-refractivity contribution is 5.32. The number of aliphatic hydroxyl groups excluding tert-OH is 1. The standard InChI is InChI=1S/C17H26O6/c1-20-9-10-22-15-3-2-4-16(11-15)23-13-14(18)12-17(19)5-7-21-8-6-17/h2-4,11,14,18-19H,5-10,12-13H2,1H3. The molecule has 0 amide bonds. The molecule has 1 saturated heterocycles. The molecule has 1 aliphatic heterocycles. The molecule has 1 heterocycles. The lowest BCUT2D eigenvalue weighted by atomic mass is 9.88. The van der Waals surface area contributed by atoms with Crippen LogP contribution in [-0.2, 0) is 9.47 Å². The lowest BCUT2D eigenvalue weighted by Gasteiger charge is -2.33. The zero-order valence-electron chi connectivity index (χ0n) is 13.6. The Morgan fingerprint density at radius 2 is 1.87 bits per heavy atom. The average Bonchev–Trinajstić information content (AvgIpc) is 2.54. The number of methoxy groups -OCH3 is 1. The molecule has 1 fully saturated rings. The van der Waals surface area contributed by atoms with Crippen LogP contribution in [-0.4, -0.2) is 62.1 Å². The quantitative estimate of drug-likeness (QED) is 0.668. The maximum Gasteiger partial charge on any atom is 0.123 e. The van der Waals surface area contributed by atoms with Gasteiger partial charge in [0.15, 0.2) is 0 Å². The fourth-order valence-electron chi connectivity index (χ4n) is 2.54. The van der Waals surface area contributed by atoms with E-state index < -0.39 is 11.7 Å². The van der Waals surface area contributed by atoms with Crippen LogP contribution >= 0.6 is 0 Å². The summed E-state index contributed by atoms with van der Waals surface area (Å²) in [6.45, 7) is 2.18. The predicted molar refractivity (Wildman–Crippen MR) is 84.9 cm³/mol. The molecular weight excluding hydrogens is 300 g/mol. The molecule has 2 N–H and O–H groups in total. The van der Waals surface area contributed by atoms with Crippen molar-refractivity contribution >= 4 is 0 Å². The van der Waals surface area contributed by atoms with Gasteiger partial charge >= 0.3 is 0 Å². The number of hydrogen-bond acceptors (Lipinski definition) is 6. The Balaban J connectivity index is 1.77. The SMILES string of the molecule is COCCOc1cccc(OCC(O)CC2(O)CCOCC2)c1. The van der Waals surface area contributed by atoms with E-state index >= 15 is 0 Å². The van der Waals surface area contributed by atoms with Crippen molar-refractivity contribution in [2.75, 3.05) is 40.1 Å². The minimum Gasteiger partial charge on any atom is -0.491 e. The first-order valence-corrected chi connectivity index (χ1v) is 7.94. The van der Waals surface area contributed by atoms with Gasteiger partial charge in [0.05, 0.1) is 18.3 Å². The lowest BCUT2D eigenvalue weighted by Crippen LogP contribution is -2.40. The molecule has 23 heavy (non-hydrogen) atoms. The minimum atomic E-state index is -0.855. The second kappa shape index (κ2) is 9.08. The molecule has 6 heteroatoms. The summed E-state index contributed by atoms with van der Waals surface area (Å²) in [5, 5.41) is 20.5. The molecule has 1 aliphatic rings. The van der Waals surface area contributed by atoms with Crippen molar-refractivity contribution in [1.82, 2.24) is 0 Å². The third-order valence-electron chi connectivity index (χ3n) is 3.84. The molecule has 1 unspecified atom stereocenters. The van der Waals surface area contributed by atoms with E-state index in [1.807, 2.05) is 12.1 Å². The van der Waals surface area contributed by atoms with Crippen LogP contribution in [0, 0.1) is 0 Å². The Bertz CT molecular complexity index is 458. The molecule has 0 spiro atoms. The van der Waals surface area contributed by atoms with E-state index in [0.717, 1.165) is 0 Å². The van der Waals surface area contributed by atoms with Crippen LogP contribution < -0.4 is 9.47 Å². The summed E-state index contributed by atoms with van der Waals surface area (Å²) in [6.07, 6.45) is 0.663. The maximum absolute atomic E-state index is 10.4. The molecule has 0 bridgehead atoms. The molecule has 0 saturated carbocycles. The van der Waals surface area contributed by atoms with Crippen LogP contribution in [0.2, 0.25) is 0 Å². The van der Waals surface area contributed by atoms with E-state index in [9.17, 15) is 10.2 Å². The second-order valence-corrected chi connectivity index (χ2v) is 5.82. The molecular formula is C17H26O6. The molecule has 0 aliphatic carbocycles. The van der Waals surface area contributed by atoms with Gasteiger partial charge in [-0.05, 0) is 25.0 Å². The van der Waals surface area contributed by atoms with Gasteiger partial charge in [-0.25, -0.2) is 0 Å². The summed E-state index contributed by atoms with van der Waals surface area (Å²) in [6, 6.07) is 7.24. The fraction of sp³-hybridized carbons (Fsp3) is 0.647. The van der Waals surface area contributed by atoms with Crippen molar-refractivity contribution in [3.8, 4) is 11.5 Å². The maximum atomic E-state index is 10.4. The number of rotatable bonds is 9. The lowest BCUT2D eigenvalue weighted by molar-refractivity contribution is -0.0906. The summed E-state index contributed by atoms with van der Waals surface area (Å²) in [7, 11) is 1.62. The number of benzene rings is 1. The van der Waals surface area contributed by atoms with E-state index in [4.69, 9.17) is 18.9 Å². The Kier molecular flexibility index (Phi) is 7.11.